The molecule has 19 heavy (non-hydrogen) atoms. The lowest BCUT2D eigenvalue weighted by Gasteiger charge is -2.13. The maximum absolute atomic E-state index is 12.8. The molecule has 1 rings (SSSR count). The molecule has 0 spiro atoms. The first kappa shape index (κ1) is 15.0. The third-order valence-electron chi connectivity index (χ3n) is 2.50. The number of nitrogens with two attached hydrogens (primary N) is 1. The van der Waals surface area contributed by atoms with Crippen LogP contribution in [0.15, 0.2) is 6.20 Å². The minimum atomic E-state index is -2.76. The van der Waals surface area contributed by atoms with Crippen LogP contribution in [0.2, 0.25) is 0 Å². The normalized spacial score (nSPS) is 10.3. The Morgan fingerprint density at radius 2 is 2.26 bits per heavy atom. The predicted molar refractivity (Wildman–Crippen MR) is 62.1 cm³/mol. The molecule has 2 N–H and O–H groups in total. The van der Waals surface area contributed by atoms with Gasteiger partial charge in [0, 0.05) is 23.9 Å². The zero-order chi connectivity index (χ0) is 14.4. The van der Waals surface area contributed by atoms with Crippen LogP contribution < -0.4 is 5.73 Å². The zero-order valence-electron chi connectivity index (χ0n) is 10.3. The Hall–Kier alpha value is -2.07. The van der Waals surface area contributed by atoms with Crippen LogP contribution >= 0.6 is 0 Å². The topological polar surface area (TPSA) is 89.0 Å². The number of halogens is 2. The maximum atomic E-state index is 12.8. The van der Waals surface area contributed by atoms with Gasteiger partial charge in [0.25, 0.3) is 6.43 Å². The van der Waals surface area contributed by atoms with Crippen molar-refractivity contribution in [2.75, 3.05) is 6.61 Å². The van der Waals surface area contributed by atoms with E-state index in [9.17, 15) is 13.6 Å². The first-order chi connectivity index (χ1) is 9.04. The minimum Gasteiger partial charge on any atom is -0.466 e. The van der Waals surface area contributed by atoms with Gasteiger partial charge in [-0.15, -0.1) is 0 Å². The highest BCUT2D eigenvalue weighted by atomic mass is 19.3. The van der Waals surface area contributed by atoms with Gasteiger partial charge < -0.3 is 10.5 Å². The van der Waals surface area contributed by atoms with Gasteiger partial charge in [0.1, 0.15) is 11.8 Å². The number of nitriles is 1. The van der Waals surface area contributed by atoms with Gasteiger partial charge in [0.05, 0.1) is 13.0 Å². The average Bonchev–Trinajstić information content (AvgIpc) is 2.38. The highest BCUT2D eigenvalue weighted by molar-refractivity contribution is 5.74. The number of carbonyl (C=O) groups excluding carboxylic acids is 1. The summed E-state index contributed by atoms with van der Waals surface area (Å²) in [6, 6.07) is 1.76. The average molecular weight is 269 g/mol. The zero-order valence-corrected chi connectivity index (χ0v) is 10.3. The molecule has 0 fully saturated rings. The Morgan fingerprint density at radius 1 is 1.58 bits per heavy atom. The van der Waals surface area contributed by atoms with Crippen molar-refractivity contribution in [1.29, 1.82) is 5.26 Å². The van der Waals surface area contributed by atoms with E-state index in [0.29, 0.717) is 0 Å². The van der Waals surface area contributed by atoms with Crippen molar-refractivity contribution in [2.24, 2.45) is 5.73 Å². The van der Waals surface area contributed by atoms with E-state index in [2.05, 4.69) is 4.98 Å². The fourth-order valence-corrected chi connectivity index (χ4v) is 1.68. The van der Waals surface area contributed by atoms with E-state index in [4.69, 9.17) is 15.7 Å². The van der Waals surface area contributed by atoms with E-state index >= 15 is 0 Å². The van der Waals surface area contributed by atoms with Gasteiger partial charge in [-0.25, -0.2) is 13.8 Å². The van der Waals surface area contributed by atoms with E-state index < -0.39 is 12.4 Å². The van der Waals surface area contributed by atoms with Crippen molar-refractivity contribution >= 4 is 5.97 Å². The van der Waals surface area contributed by atoms with Gasteiger partial charge in [0.2, 0.25) is 0 Å². The molecule has 7 heteroatoms. The van der Waals surface area contributed by atoms with Crippen LogP contribution in [0.5, 0.6) is 0 Å². The van der Waals surface area contributed by atoms with Crippen LogP contribution in [0.1, 0.15) is 35.7 Å². The number of nitrogens with zero attached hydrogens (tertiary/aromatic N) is 2. The number of rotatable bonds is 5. The van der Waals surface area contributed by atoms with Gasteiger partial charge in [0.15, 0.2) is 0 Å². The van der Waals surface area contributed by atoms with Crippen LogP contribution in [0.3, 0.4) is 0 Å². The van der Waals surface area contributed by atoms with Gasteiger partial charge in [-0.05, 0) is 12.5 Å². The quantitative estimate of drug-likeness (QED) is 0.817. The molecule has 0 atom stereocenters. The van der Waals surface area contributed by atoms with Crippen molar-refractivity contribution < 1.29 is 18.3 Å². The highest BCUT2D eigenvalue weighted by Gasteiger charge is 2.21. The van der Waals surface area contributed by atoms with Crippen LogP contribution in [0.25, 0.3) is 0 Å². The summed E-state index contributed by atoms with van der Waals surface area (Å²) in [5.41, 5.74) is 5.18. The molecular formula is C12H13F2N3O2. The van der Waals surface area contributed by atoms with E-state index in [-0.39, 0.29) is 42.0 Å². The molecule has 0 aliphatic rings. The number of alkyl halides is 2. The van der Waals surface area contributed by atoms with Crippen molar-refractivity contribution in [3.8, 4) is 6.07 Å². The molecule has 0 aliphatic carbocycles. The van der Waals surface area contributed by atoms with Crippen molar-refractivity contribution in [2.45, 2.75) is 26.3 Å². The molecule has 102 valence electrons. The van der Waals surface area contributed by atoms with E-state index in [1.165, 1.54) is 0 Å². The molecule has 0 saturated heterocycles. The van der Waals surface area contributed by atoms with Gasteiger partial charge >= 0.3 is 5.97 Å². The molecule has 0 bridgehead atoms. The fraction of sp³-hybridized carbons (Fsp3) is 0.417. The van der Waals surface area contributed by atoms with E-state index in [0.717, 1.165) is 6.20 Å². The molecule has 1 heterocycles. The number of hydrogen-bond donors (Lipinski definition) is 1. The third kappa shape index (κ3) is 3.45. The number of ether oxygens (including phenoxy) is 1. The molecule has 0 amide bonds. The smallest absolute Gasteiger partial charge is 0.310 e. The molecule has 1 aromatic heterocycles. The minimum absolute atomic E-state index is 0.0783. The summed E-state index contributed by atoms with van der Waals surface area (Å²) in [5, 5.41) is 8.92. The predicted octanol–water partition coefficient (Wildman–Crippen LogP) is 1.46. The highest BCUT2D eigenvalue weighted by Crippen LogP contribution is 2.26. The first-order valence-corrected chi connectivity index (χ1v) is 5.59. The fourth-order valence-electron chi connectivity index (χ4n) is 1.68. The number of hydrogen-bond acceptors (Lipinski definition) is 5. The number of pyridine rings is 1. The lowest BCUT2D eigenvalue weighted by Crippen LogP contribution is -2.15. The standard InChI is InChI=1S/C12H13F2N3O2/c1-2-19-11(18)3-7-8(4-15)9(12(13)14)6-17-10(7)5-16/h6,12H,2-4,15H2,1H3. The van der Waals surface area contributed by atoms with Crippen LogP contribution in [-0.2, 0) is 22.5 Å². The Labute approximate surface area is 109 Å². The largest absolute Gasteiger partial charge is 0.466 e. The van der Waals surface area contributed by atoms with Crippen molar-refractivity contribution in [3.63, 3.8) is 0 Å². The monoisotopic (exact) mass is 269 g/mol. The summed E-state index contributed by atoms with van der Waals surface area (Å²) in [7, 11) is 0. The molecule has 0 aromatic carbocycles. The van der Waals surface area contributed by atoms with Gasteiger partial charge in [-0.1, -0.05) is 0 Å². The Balaban J connectivity index is 3.28. The van der Waals surface area contributed by atoms with E-state index in [1.54, 1.807) is 13.0 Å². The number of carbonyl (C=O) groups is 1. The molecule has 0 saturated carbocycles. The third-order valence-corrected chi connectivity index (χ3v) is 2.50. The molecular weight excluding hydrogens is 256 g/mol. The summed E-state index contributed by atoms with van der Waals surface area (Å²) in [6.45, 7) is 1.59. The molecule has 0 radical (unpaired) electrons. The van der Waals surface area contributed by atoms with Gasteiger partial charge in [-0.3, -0.25) is 4.79 Å². The number of aromatic nitrogens is 1. The second-order valence-corrected chi connectivity index (χ2v) is 3.62. The molecule has 0 unspecified atom stereocenters. The Kier molecular flexibility index (Phi) is 5.33. The van der Waals surface area contributed by atoms with Crippen LogP contribution in [-0.4, -0.2) is 17.6 Å². The summed E-state index contributed by atoms with van der Waals surface area (Å²) < 4.78 is 30.4. The van der Waals surface area contributed by atoms with Crippen molar-refractivity contribution in [1.82, 2.24) is 4.98 Å². The molecule has 0 aliphatic heterocycles. The lowest BCUT2D eigenvalue weighted by atomic mass is 9.99. The van der Waals surface area contributed by atoms with Crippen LogP contribution in [0, 0.1) is 11.3 Å². The summed E-state index contributed by atoms with van der Waals surface area (Å²) in [5.74, 6) is -0.609. The Bertz CT molecular complexity index is 512. The van der Waals surface area contributed by atoms with Crippen LogP contribution in [0.4, 0.5) is 8.78 Å². The molecule has 1 aromatic rings. The summed E-state index contributed by atoms with van der Waals surface area (Å²) in [4.78, 5) is 15.1. The maximum Gasteiger partial charge on any atom is 0.310 e. The Morgan fingerprint density at radius 3 is 2.74 bits per heavy atom. The summed E-state index contributed by atoms with van der Waals surface area (Å²) in [6.07, 6.45) is -2.14. The SMILES string of the molecule is CCOC(=O)Cc1c(C#N)ncc(C(F)F)c1CN. The van der Waals surface area contributed by atoms with Crippen molar-refractivity contribution in [3.05, 3.63) is 28.6 Å². The van der Waals surface area contributed by atoms with Gasteiger partial charge in [-0.2, -0.15) is 5.26 Å². The van der Waals surface area contributed by atoms with E-state index in [1.807, 2.05) is 0 Å². The first-order valence-electron chi connectivity index (χ1n) is 5.59. The lowest BCUT2D eigenvalue weighted by molar-refractivity contribution is -0.142. The second kappa shape index (κ2) is 6.75. The summed E-state index contributed by atoms with van der Waals surface area (Å²) >= 11 is 0. The molecule has 5 nitrogen and oxygen atoms in total. The number of esters is 1. The second-order valence-electron chi connectivity index (χ2n) is 3.62.